The van der Waals surface area contributed by atoms with E-state index in [1.54, 1.807) is 4.90 Å². The first-order chi connectivity index (χ1) is 14.1. The van der Waals surface area contributed by atoms with Crippen LogP contribution in [0.25, 0.3) is 0 Å². The van der Waals surface area contributed by atoms with Crippen LogP contribution in [0.1, 0.15) is 23.8 Å². The minimum absolute atomic E-state index is 0.00653. The molecule has 1 aliphatic rings. The Labute approximate surface area is 181 Å². The molecule has 0 radical (unpaired) electrons. The molecule has 1 amide bonds. The second-order valence-corrected chi connectivity index (χ2v) is 8.90. The first-order valence-corrected chi connectivity index (χ1v) is 11.2. The van der Waals surface area contributed by atoms with Gasteiger partial charge in [-0.15, -0.1) is 21.5 Å². The predicted molar refractivity (Wildman–Crippen MR) is 111 cm³/mol. The Morgan fingerprint density at radius 1 is 1.28 bits per heavy atom. The molecular formula is C19H18ClN3O4S2. The topological polar surface area (TPSA) is 77.7 Å². The number of carbonyl (C=O) groups is 1. The molecule has 0 saturated heterocycles. The van der Waals surface area contributed by atoms with Gasteiger partial charge in [-0.25, -0.2) is 0 Å². The van der Waals surface area contributed by atoms with E-state index in [4.69, 9.17) is 25.5 Å². The van der Waals surface area contributed by atoms with Crippen LogP contribution in [-0.2, 0) is 11.3 Å². The van der Waals surface area contributed by atoms with Gasteiger partial charge in [0.2, 0.25) is 12.0 Å². The Morgan fingerprint density at radius 2 is 2.10 bits per heavy atom. The average Bonchev–Trinajstić information content (AvgIpc) is 3.38. The van der Waals surface area contributed by atoms with E-state index in [1.807, 2.05) is 43.3 Å². The van der Waals surface area contributed by atoms with Crippen molar-refractivity contribution >= 4 is 40.6 Å². The smallest absolute Gasteiger partial charge is 0.277 e. The van der Waals surface area contributed by atoms with Crippen LogP contribution < -0.4 is 9.47 Å². The molecule has 4 rings (SSSR count). The molecule has 1 aromatic carbocycles. The van der Waals surface area contributed by atoms with Crippen LogP contribution in [0.5, 0.6) is 11.5 Å². The SMILES string of the molecule is CCN(Cc1ccc(Cl)s1)C(=O)CSc1nnc(C2COc3ccccc3O2)o1. The molecule has 152 valence electrons. The molecular weight excluding hydrogens is 434 g/mol. The number of benzene rings is 1. The standard InChI is InChI=1S/C19H18ClN3O4S2/c1-2-23(9-12-7-8-16(20)29-12)17(24)11-28-19-22-21-18(27-19)15-10-25-13-5-3-4-6-14(13)26-15/h3-8,15H,2,9-11H2,1H3. The van der Waals surface area contributed by atoms with Crippen molar-refractivity contribution in [3.05, 3.63) is 51.5 Å². The zero-order valence-corrected chi connectivity index (χ0v) is 17.9. The Kier molecular flexibility index (Phi) is 6.27. The first kappa shape index (κ1) is 20.1. The zero-order valence-electron chi connectivity index (χ0n) is 15.5. The van der Waals surface area contributed by atoms with Gasteiger partial charge in [0, 0.05) is 11.4 Å². The maximum atomic E-state index is 12.5. The van der Waals surface area contributed by atoms with Crippen LogP contribution in [0, 0.1) is 0 Å². The van der Waals surface area contributed by atoms with Crippen molar-refractivity contribution in [3.8, 4) is 11.5 Å². The lowest BCUT2D eigenvalue weighted by molar-refractivity contribution is -0.128. The van der Waals surface area contributed by atoms with Crippen LogP contribution in [0.2, 0.25) is 4.34 Å². The fraction of sp³-hybridized carbons (Fsp3) is 0.316. The van der Waals surface area contributed by atoms with Gasteiger partial charge in [-0.3, -0.25) is 4.79 Å². The number of ether oxygens (including phenoxy) is 2. The van der Waals surface area contributed by atoms with Gasteiger partial charge < -0.3 is 18.8 Å². The summed E-state index contributed by atoms with van der Waals surface area (Å²) in [5.74, 6) is 1.86. The Bertz CT molecular complexity index is 993. The summed E-state index contributed by atoms with van der Waals surface area (Å²) in [4.78, 5) is 15.4. The number of aromatic nitrogens is 2. The lowest BCUT2D eigenvalue weighted by Crippen LogP contribution is -2.31. The summed E-state index contributed by atoms with van der Waals surface area (Å²) in [6, 6.07) is 11.2. The van der Waals surface area contributed by atoms with E-state index in [0.29, 0.717) is 40.0 Å². The highest BCUT2D eigenvalue weighted by atomic mass is 35.5. The molecule has 3 aromatic rings. The number of amides is 1. The number of hydrogen-bond acceptors (Lipinski definition) is 8. The van der Waals surface area contributed by atoms with Crippen molar-refractivity contribution in [2.75, 3.05) is 18.9 Å². The van der Waals surface area contributed by atoms with E-state index in [2.05, 4.69) is 10.2 Å². The monoisotopic (exact) mass is 451 g/mol. The highest BCUT2D eigenvalue weighted by Gasteiger charge is 2.27. The van der Waals surface area contributed by atoms with Gasteiger partial charge in [0.15, 0.2) is 11.5 Å². The van der Waals surface area contributed by atoms with Gasteiger partial charge in [-0.2, -0.15) is 0 Å². The minimum atomic E-state index is -0.474. The van der Waals surface area contributed by atoms with Gasteiger partial charge in [-0.05, 0) is 31.2 Å². The molecule has 3 heterocycles. The molecule has 2 aromatic heterocycles. The zero-order chi connectivity index (χ0) is 20.2. The summed E-state index contributed by atoms with van der Waals surface area (Å²) >= 11 is 8.65. The lowest BCUT2D eigenvalue weighted by Gasteiger charge is -2.23. The Morgan fingerprint density at radius 3 is 2.86 bits per heavy atom. The molecule has 1 atom stereocenters. The fourth-order valence-corrected chi connectivity index (χ4v) is 4.54. The predicted octanol–water partition coefficient (Wildman–Crippen LogP) is 4.44. The fourth-order valence-electron chi connectivity index (χ4n) is 2.77. The maximum Gasteiger partial charge on any atom is 0.277 e. The van der Waals surface area contributed by atoms with Gasteiger partial charge >= 0.3 is 0 Å². The summed E-state index contributed by atoms with van der Waals surface area (Å²) in [7, 11) is 0. The van der Waals surface area contributed by atoms with Crippen molar-refractivity contribution in [3.63, 3.8) is 0 Å². The van der Waals surface area contributed by atoms with Crippen molar-refractivity contribution in [2.45, 2.75) is 24.8 Å². The van der Waals surface area contributed by atoms with Crippen molar-refractivity contribution in [1.29, 1.82) is 0 Å². The summed E-state index contributed by atoms with van der Waals surface area (Å²) < 4.78 is 17.9. The van der Waals surface area contributed by atoms with Crippen LogP contribution >= 0.6 is 34.7 Å². The molecule has 0 fully saturated rings. The molecule has 10 heteroatoms. The number of thioether (sulfide) groups is 1. The van der Waals surface area contributed by atoms with Crippen LogP contribution in [0.4, 0.5) is 0 Å². The van der Waals surface area contributed by atoms with E-state index < -0.39 is 6.10 Å². The molecule has 0 bridgehead atoms. The molecule has 1 unspecified atom stereocenters. The van der Waals surface area contributed by atoms with Gasteiger partial charge in [0.05, 0.1) is 16.6 Å². The summed E-state index contributed by atoms with van der Waals surface area (Å²) in [5, 5.41) is 8.39. The minimum Gasteiger partial charge on any atom is -0.485 e. The number of para-hydroxylation sites is 2. The molecule has 0 N–H and O–H groups in total. The Balaban J connectivity index is 1.32. The van der Waals surface area contributed by atoms with Crippen LogP contribution in [0.3, 0.4) is 0 Å². The molecule has 1 aliphatic heterocycles. The van der Waals surface area contributed by atoms with Gasteiger partial charge in [-0.1, -0.05) is 35.5 Å². The number of thiophene rings is 1. The molecule has 0 aliphatic carbocycles. The number of nitrogens with zero attached hydrogens (tertiary/aromatic N) is 3. The number of carbonyl (C=O) groups excluding carboxylic acids is 1. The van der Waals surface area contributed by atoms with E-state index in [9.17, 15) is 4.79 Å². The average molecular weight is 452 g/mol. The van der Waals surface area contributed by atoms with Crippen molar-refractivity contribution in [1.82, 2.24) is 15.1 Å². The largest absolute Gasteiger partial charge is 0.485 e. The molecule has 7 nitrogen and oxygen atoms in total. The third-order valence-electron chi connectivity index (χ3n) is 4.24. The van der Waals surface area contributed by atoms with Crippen LogP contribution in [-0.4, -0.2) is 39.9 Å². The number of fused-ring (bicyclic) bond motifs is 1. The second-order valence-electron chi connectivity index (χ2n) is 6.17. The quantitative estimate of drug-likeness (QED) is 0.491. The second kappa shape index (κ2) is 9.06. The van der Waals surface area contributed by atoms with Crippen LogP contribution in [0.15, 0.2) is 46.0 Å². The lowest BCUT2D eigenvalue weighted by atomic mass is 10.2. The third kappa shape index (κ3) is 4.85. The van der Waals surface area contributed by atoms with Crippen molar-refractivity contribution in [2.24, 2.45) is 0 Å². The highest BCUT2D eigenvalue weighted by Crippen LogP contribution is 2.36. The maximum absolute atomic E-state index is 12.5. The van der Waals surface area contributed by atoms with Gasteiger partial charge in [0.1, 0.15) is 6.61 Å². The summed E-state index contributed by atoms with van der Waals surface area (Å²) in [6.07, 6.45) is -0.474. The van der Waals surface area contributed by atoms with Crippen molar-refractivity contribution < 1.29 is 18.7 Å². The summed E-state index contributed by atoms with van der Waals surface area (Å²) in [5.41, 5.74) is 0. The van der Waals surface area contributed by atoms with E-state index in [0.717, 1.165) is 4.88 Å². The molecule has 0 spiro atoms. The molecule has 0 saturated carbocycles. The molecule has 29 heavy (non-hydrogen) atoms. The van der Waals surface area contributed by atoms with E-state index in [-0.39, 0.29) is 18.3 Å². The number of halogens is 1. The number of hydrogen-bond donors (Lipinski definition) is 0. The van der Waals surface area contributed by atoms with E-state index in [1.165, 1.54) is 23.1 Å². The first-order valence-electron chi connectivity index (χ1n) is 8.99. The highest BCUT2D eigenvalue weighted by molar-refractivity contribution is 7.99. The summed E-state index contributed by atoms with van der Waals surface area (Å²) in [6.45, 7) is 3.38. The van der Waals surface area contributed by atoms with Gasteiger partial charge in [0.25, 0.3) is 11.1 Å². The Hall–Kier alpha value is -2.23. The van der Waals surface area contributed by atoms with E-state index >= 15 is 0 Å². The third-order valence-corrected chi connectivity index (χ3v) is 6.25. The normalized spacial score (nSPS) is 15.3. The number of rotatable bonds is 7.